The molecule has 6 amide bonds. The lowest BCUT2D eigenvalue weighted by Gasteiger charge is -2.58. The molecule has 94 heavy (non-hydrogen) atoms. The van der Waals surface area contributed by atoms with Crippen LogP contribution in [0.25, 0.3) is 43.1 Å². The highest BCUT2D eigenvalue weighted by Gasteiger charge is 2.61. The minimum atomic E-state index is -0.380. The van der Waals surface area contributed by atoms with E-state index in [1.165, 1.54) is 111 Å². The van der Waals surface area contributed by atoms with Crippen LogP contribution in [0.5, 0.6) is 0 Å². The van der Waals surface area contributed by atoms with Crippen LogP contribution >= 0.6 is 0 Å². The first-order chi connectivity index (χ1) is 45.0. The lowest BCUT2D eigenvalue weighted by Crippen LogP contribution is -2.51. The highest BCUT2D eigenvalue weighted by Crippen LogP contribution is 2.70. The summed E-state index contributed by atoms with van der Waals surface area (Å²) in [4.78, 5) is 89.1. The molecule has 10 aliphatic rings. The molecule has 0 radical (unpaired) electrons. The molecular formula is C84H108N4O6. The Kier molecular flexibility index (Phi) is 16.4. The Hall–Kier alpha value is -5.90. The standard InChI is InChI=1S/C84H108N4O6/c1-47(2)13-11-15-49(5)65-29-31-67-59-19-17-53-45-51(33-37-81(53,7)69(59)35-39-83(65,67)9)75(89)85-41-43-87-77(91)61-25-21-55-57-23-27-63-74-64(28-24-58(72(57)74)56-22-26-62(78(87)92)73(61)71(55)56)80(94)88(79(63)93)44-42-86-76(90)52-34-38-82(8)54(46-52)18-20-60-68-32-30-66(50(6)16-12-14-48(3)4)84(68,10)40-36-70(60)82/h17-18,21-28,47-52,59-60,65-70H,11-16,19-20,29-46H2,1-10H3,(H,85,89)(H,86,90)/t49-,50-,51+,52+,59+,60+,65-,66-,67+,68+,69+,70+,81+,82+,83-,84-/m1/s1. The van der Waals surface area contributed by atoms with Gasteiger partial charge in [0.25, 0.3) is 23.6 Å². The molecule has 0 aromatic heterocycles. The van der Waals surface area contributed by atoms with Crippen molar-refractivity contribution in [3.05, 3.63) is 94.1 Å². The molecule has 6 fully saturated rings. The molecule has 5 aromatic carbocycles. The molecule has 0 saturated heterocycles. The minimum Gasteiger partial charge on any atom is -0.354 e. The van der Waals surface area contributed by atoms with Crippen molar-refractivity contribution in [2.75, 3.05) is 26.2 Å². The number of nitrogens with one attached hydrogen (secondary N) is 2. The quantitative estimate of drug-likeness (QED) is 0.0389. The smallest absolute Gasteiger partial charge is 0.261 e. The number of hydrogen-bond acceptors (Lipinski definition) is 6. The summed E-state index contributed by atoms with van der Waals surface area (Å²) in [5, 5.41) is 12.5. The van der Waals surface area contributed by atoms with Crippen molar-refractivity contribution < 1.29 is 28.8 Å². The van der Waals surface area contributed by atoms with E-state index >= 15 is 0 Å². The van der Waals surface area contributed by atoms with Crippen LogP contribution < -0.4 is 10.6 Å². The van der Waals surface area contributed by atoms with Crippen molar-refractivity contribution in [1.82, 2.24) is 20.4 Å². The topological polar surface area (TPSA) is 133 Å². The molecule has 0 bridgehead atoms. The van der Waals surface area contributed by atoms with Gasteiger partial charge in [0, 0.05) is 71.0 Å². The molecule has 15 rings (SSSR count). The number of fused-ring (bicyclic) bond motifs is 12. The zero-order valence-electron chi connectivity index (χ0n) is 58.6. The van der Waals surface area contributed by atoms with Gasteiger partial charge in [-0.3, -0.25) is 38.6 Å². The molecule has 6 saturated carbocycles. The Labute approximate surface area is 560 Å². The van der Waals surface area contributed by atoms with Gasteiger partial charge >= 0.3 is 0 Å². The molecule has 500 valence electrons. The largest absolute Gasteiger partial charge is 0.354 e. The van der Waals surface area contributed by atoms with Crippen molar-refractivity contribution in [3.8, 4) is 0 Å². The van der Waals surface area contributed by atoms with E-state index in [2.05, 4.69) is 92.0 Å². The van der Waals surface area contributed by atoms with Crippen molar-refractivity contribution in [2.24, 2.45) is 105 Å². The third-order valence-electron chi connectivity index (χ3n) is 29.4. The van der Waals surface area contributed by atoms with Gasteiger partial charge in [-0.1, -0.05) is 155 Å². The number of carbonyl (C=O) groups is 6. The third kappa shape index (κ3) is 9.97. The molecule has 2 N–H and O–H groups in total. The van der Waals surface area contributed by atoms with Crippen molar-refractivity contribution >= 4 is 78.5 Å². The summed E-state index contributed by atoms with van der Waals surface area (Å²) in [5.41, 5.74) is 5.90. The van der Waals surface area contributed by atoms with E-state index in [1.54, 1.807) is 0 Å². The number of rotatable bonds is 18. The average Bonchev–Trinajstić information content (AvgIpc) is 0.783. The average molecular weight is 1270 g/mol. The van der Waals surface area contributed by atoms with Crippen molar-refractivity contribution in [2.45, 2.75) is 210 Å². The molecule has 8 aliphatic carbocycles. The maximum Gasteiger partial charge on any atom is 0.261 e. The van der Waals surface area contributed by atoms with Crippen molar-refractivity contribution in [3.63, 3.8) is 0 Å². The number of imide groups is 2. The summed E-state index contributed by atoms with van der Waals surface area (Å²) >= 11 is 0. The molecule has 0 spiro atoms. The Morgan fingerprint density at radius 2 is 0.809 bits per heavy atom. The normalized spacial score (nSPS) is 34.1. The molecule has 5 aromatic rings. The summed E-state index contributed by atoms with van der Waals surface area (Å²) in [5.74, 6) is 7.47. The second-order valence-electron chi connectivity index (χ2n) is 34.7. The lowest BCUT2D eigenvalue weighted by atomic mass is 9.46. The maximum absolute atomic E-state index is 14.6. The first-order valence-corrected chi connectivity index (χ1v) is 37.9. The number of amides is 6. The summed E-state index contributed by atoms with van der Waals surface area (Å²) < 4.78 is 0. The van der Waals surface area contributed by atoms with Gasteiger partial charge in [-0.25, -0.2) is 0 Å². The predicted octanol–water partition coefficient (Wildman–Crippen LogP) is 18.5. The van der Waals surface area contributed by atoms with E-state index < -0.39 is 0 Å². The minimum absolute atomic E-state index is 0.0122. The second kappa shape index (κ2) is 24.0. The van der Waals surface area contributed by atoms with E-state index in [-0.39, 0.29) is 84.3 Å². The second-order valence-corrected chi connectivity index (χ2v) is 34.7. The van der Waals surface area contributed by atoms with Crippen LogP contribution in [0, 0.1) is 105 Å². The summed E-state index contributed by atoms with van der Waals surface area (Å²) in [6, 6.07) is 15.0. The summed E-state index contributed by atoms with van der Waals surface area (Å²) in [6.45, 7) is 25.4. The summed E-state index contributed by atoms with van der Waals surface area (Å²) in [7, 11) is 0. The maximum atomic E-state index is 14.6. The number of benzene rings is 5. The Morgan fingerprint density at radius 1 is 0.447 bits per heavy atom. The number of allylic oxidation sites excluding steroid dienone is 4. The molecule has 2 heterocycles. The fourth-order valence-corrected chi connectivity index (χ4v) is 24.5. The van der Waals surface area contributed by atoms with Gasteiger partial charge in [0.15, 0.2) is 0 Å². The van der Waals surface area contributed by atoms with Gasteiger partial charge < -0.3 is 10.6 Å². The highest BCUT2D eigenvalue weighted by molar-refractivity contribution is 6.41. The number of carbonyl (C=O) groups excluding carboxylic acids is 6. The van der Waals surface area contributed by atoms with Crippen LogP contribution in [-0.4, -0.2) is 71.4 Å². The summed E-state index contributed by atoms with van der Waals surface area (Å²) in [6.07, 6.45) is 31.6. The van der Waals surface area contributed by atoms with Gasteiger partial charge in [-0.05, 0) is 252 Å². The number of hydrogen-bond donors (Lipinski definition) is 2. The first-order valence-electron chi connectivity index (χ1n) is 37.9. The van der Waals surface area contributed by atoms with E-state index in [9.17, 15) is 28.8 Å². The van der Waals surface area contributed by atoms with Gasteiger partial charge in [0.2, 0.25) is 11.8 Å². The predicted molar refractivity (Wildman–Crippen MR) is 377 cm³/mol. The van der Waals surface area contributed by atoms with E-state index in [0.717, 1.165) is 143 Å². The van der Waals surface area contributed by atoms with E-state index in [4.69, 9.17) is 0 Å². The van der Waals surface area contributed by atoms with E-state index in [0.29, 0.717) is 55.7 Å². The Morgan fingerprint density at radius 3 is 1.16 bits per heavy atom. The van der Waals surface area contributed by atoms with Crippen LogP contribution in [0.3, 0.4) is 0 Å². The molecular weight excluding hydrogens is 1160 g/mol. The molecule has 10 nitrogen and oxygen atoms in total. The van der Waals surface area contributed by atoms with Crippen LogP contribution in [0.4, 0.5) is 0 Å². The zero-order valence-corrected chi connectivity index (χ0v) is 58.6. The highest BCUT2D eigenvalue weighted by atomic mass is 16.2. The van der Waals surface area contributed by atoms with Crippen LogP contribution in [0.2, 0.25) is 0 Å². The lowest BCUT2D eigenvalue weighted by molar-refractivity contribution is -0.127. The first kappa shape index (κ1) is 64.1. The van der Waals surface area contributed by atoms with Crippen LogP contribution in [0.15, 0.2) is 71.8 Å². The fraction of sp³-hybridized carbons (Fsp3) is 0.643. The van der Waals surface area contributed by atoms with Crippen LogP contribution in [-0.2, 0) is 9.59 Å². The molecule has 2 aliphatic heterocycles. The monoisotopic (exact) mass is 1270 g/mol. The third-order valence-corrected chi connectivity index (χ3v) is 29.4. The number of nitrogens with zero attached hydrogens (tertiary/aromatic N) is 2. The van der Waals surface area contributed by atoms with E-state index in [1.807, 2.05) is 48.5 Å². The molecule has 16 atom stereocenters. The van der Waals surface area contributed by atoms with Gasteiger partial charge in [-0.15, -0.1) is 0 Å². The zero-order chi connectivity index (χ0) is 65.7. The van der Waals surface area contributed by atoms with Gasteiger partial charge in [-0.2, -0.15) is 0 Å². The molecule has 0 unspecified atom stereocenters. The van der Waals surface area contributed by atoms with Crippen molar-refractivity contribution in [1.29, 1.82) is 0 Å². The fourth-order valence-electron chi connectivity index (χ4n) is 24.5. The Balaban J connectivity index is 0.577. The van der Waals surface area contributed by atoms with Gasteiger partial charge in [0.05, 0.1) is 0 Å². The van der Waals surface area contributed by atoms with Gasteiger partial charge in [0.1, 0.15) is 0 Å². The SMILES string of the molecule is CC(C)CCC[C@@H](C)[C@H]1CC[C@H]2[C@@H]3CC=C4C[C@@H](C(=O)NCCN5C(=O)c6ccc7c8ccc9c%10c(ccc(c%11ccc(c6c7%11)C5=O)c%108)C(=O)N(CCNC(=O)[C@H]5CC[C@@]6(C)C(=CC[C@H]7[C@@H]8CC[C@H]([C@H](C)CCCC(C)C)[C@@]8(C)CC[C@@H]76)C5)C9=O)CC[C@]4(C)[C@H]3CC[C@]12C. The van der Waals surface area contributed by atoms with Crippen LogP contribution in [0.1, 0.15) is 252 Å². The molecule has 10 heteroatoms. The Bertz CT molecular complexity index is 3610.